The van der Waals surface area contributed by atoms with E-state index in [1.165, 1.54) is 4.90 Å². The Labute approximate surface area is 93.0 Å². The molecule has 1 amide bonds. The molecule has 0 fully saturated rings. The zero-order valence-electron chi connectivity index (χ0n) is 10.4. The van der Waals surface area contributed by atoms with Crippen LogP contribution in [0, 0.1) is 5.41 Å². The SMILES string of the molecule is C=C/C(=C\C=C\C(=O)N(C)C)C(C)(C)C. The minimum Gasteiger partial charge on any atom is -0.345 e. The predicted molar refractivity (Wildman–Crippen MR) is 65.6 cm³/mol. The number of carbonyl (C=O) groups excluding carboxylic acids is 1. The van der Waals surface area contributed by atoms with Crippen molar-refractivity contribution in [1.29, 1.82) is 0 Å². The number of likely N-dealkylation sites (N-methyl/N-ethyl adjacent to an activating group) is 1. The smallest absolute Gasteiger partial charge is 0.246 e. The van der Waals surface area contributed by atoms with Gasteiger partial charge in [0.1, 0.15) is 0 Å². The quantitative estimate of drug-likeness (QED) is 0.515. The molecule has 0 unspecified atom stereocenters. The van der Waals surface area contributed by atoms with E-state index in [1.54, 1.807) is 26.2 Å². The maximum absolute atomic E-state index is 11.2. The number of allylic oxidation sites excluding steroid dienone is 4. The molecule has 0 radical (unpaired) electrons. The maximum atomic E-state index is 11.2. The Balaban J connectivity index is 4.63. The van der Waals surface area contributed by atoms with E-state index in [0.29, 0.717) is 0 Å². The van der Waals surface area contributed by atoms with Crippen LogP contribution in [0.15, 0.2) is 36.5 Å². The van der Waals surface area contributed by atoms with Crippen LogP contribution in [0.5, 0.6) is 0 Å². The molecule has 0 aliphatic carbocycles. The van der Waals surface area contributed by atoms with Gasteiger partial charge >= 0.3 is 0 Å². The van der Waals surface area contributed by atoms with Gasteiger partial charge in [0.05, 0.1) is 0 Å². The van der Waals surface area contributed by atoms with Crippen molar-refractivity contribution in [2.24, 2.45) is 5.41 Å². The molecule has 0 aromatic carbocycles. The zero-order chi connectivity index (χ0) is 12.1. The molecule has 0 saturated heterocycles. The standard InChI is InChI=1S/C13H21NO/c1-7-11(13(2,3)4)9-8-10-12(15)14(5)6/h7-10H,1H2,2-6H3/b10-8+,11-9+. The Bertz CT molecular complexity index is 290. The van der Waals surface area contributed by atoms with Crippen molar-refractivity contribution in [3.8, 4) is 0 Å². The van der Waals surface area contributed by atoms with Crippen LogP contribution in [0.4, 0.5) is 0 Å². The molecule has 0 N–H and O–H groups in total. The Morgan fingerprint density at radius 3 is 2.13 bits per heavy atom. The molecule has 15 heavy (non-hydrogen) atoms. The molecular formula is C13H21NO. The topological polar surface area (TPSA) is 20.3 Å². The molecule has 0 rings (SSSR count). The lowest BCUT2D eigenvalue weighted by Crippen LogP contribution is -2.18. The fraction of sp³-hybridized carbons (Fsp3) is 0.462. The van der Waals surface area contributed by atoms with Crippen LogP contribution in [-0.4, -0.2) is 24.9 Å². The molecule has 0 aliphatic heterocycles. The molecule has 0 saturated carbocycles. The third-order valence-corrected chi connectivity index (χ3v) is 2.04. The van der Waals surface area contributed by atoms with Gasteiger partial charge in [0.2, 0.25) is 5.91 Å². The number of rotatable bonds is 3. The molecular weight excluding hydrogens is 186 g/mol. The van der Waals surface area contributed by atoms with E-state index in [2.05, 4.69) is 27.4 Å². The summed E-state index contributed by atoms with van der Waals surface area (Å²) in [6.07, 6.45) is 7.07. The summed E-state index contributed by atoms with van der Waals surface area (Å²) >= 11 is 0. The van der Waals surface area contributed by atoms with E-state index in [4.69, 9.17) is 0 Å². The van der Waals surface area contributed by atoms with Crippen LogP contribution in [0.2, 0.25) is 0 Å². The molecule has 0 aliphatic rings. The van der Waals surface area contributed by atoms with Crippen LogP contribution in [0.1, 0.15) is 20.8 Å². The maximum Gasteiger partial charge on any atom is 0.246 e. The lowest BCUT2D eigenvalue weighted by molar-refractivity contribution is -0.123. The Hall–Kier alpha value is -1.31. The van der Waals surface area contributed by atoms with E-state index in [1.807, 2.05) is 12.2 Å². The highest BCUT2D eigenvalue weighted by Crippen LogP contribution is 2.25. The molecule has 84 valence electrons. The highest BCUT2D eigenvalue weighted by Gasteiger charge is 2.12. The zero-order valence-corrected chi connectivity index (χ0v) is 10.4. The lowest BCUT2D eigenvalue weighted by atomic mass is 9.86. The van der Waals surface area contributed by atoms with Crippen molar-refractivity contribution in [2.75, 3.05) is 14.1 Å². The Morgan fingerprint density at radius 2 is 1.80 bits per heavy atom. The average Bonchev–Trinajstić information content (AvgIpc) is 2.09. The molecule has 2 nitrogen and oxygen atoms in total. The van der Waals surface area contributed by atoms with E-state index >= 15 is 0 Å². The molecule has 0 aromatic rings. The van der Waals surface area contributed by atoms with Crippen molar-refractivity contribution in [2.45, 2.75) is 20.8 Å². The van der Waals surface area contributed by atoms with Crippen LogP contribution in [-0.2, 0) is 4.79 Å². The van der Waals surface area contributed by atoms with Crippen molar-refractivity contribution in [3.05, 3.63) is 36.5 Å². The van der Waals surface area contributed by atoms with Gasteiger partial charge in [-0.15, -0.1) is 0 Å². The molecule has 0 heterocycles. The summed E-state index contributed by atoms with van der Waals surface area (Å²) in [5.41, 5.74) is 1.18. The first-order valence-corrected chi connectivity index (χ1v) is 5.01. The van der Waals surface area contributed by atoms with Crippen molar-refractivity contribution < 1.29 is 4.79 Å². The van der Waals surface area contributed by atoms with Gasteiger partial charge in [-0.3, -0.25) is 4.79 Å². The highest BCUT2D eigenvalue weighted by atomic mass is 16.2. The van der Waals surface area contributed by atoms with Gasteiger partial charge in [-0.2, -0.15) is 0 Å². The number of carbonyl (C=O) groups is 1. The first-order chi connectivity index (χ1) is 6.79. The van der Waals surface area contributed by atoms with Crippen molar-refractivity contribution in [3.63, 3.8) is 0 Å². The van der Waals surface area contributed by atoms with Crippen LogP contribution in [0.3, 0.4) is 0 Å². The first kappa shape index (κ1) is 13.7. The number of amides is 1. The minimum atomic E-state index is -0.0106. The van der Waals surface area contributed by atoms with Crippen molar-refractivity contribution in [1.82, 2.24) is 4.90 Å². The normalized spacial score (nSPS) is 13.0. The van der Waals surface area contributed by atoms with Gasteiger partial charge in [0.25, 0.3) is 0 Å². The largest absolute Gasteiger partial charge is 0.345 e. The number of nitrogens with zero attached hydrogens (tertiary/aromatic N) is 1. The Kier molecular flexibility index (Phi) is 5.06. The first-order valence-electron chi connectivity index (χ1n) is 5.01. The molecule has 0 aromatic heterocycles. The van der Waals surface area contributed by atoms with Gasteiger partial charge in [-0.1, -0.05) is 45.6 Å². The average molecular weight is 207 g/mol. The second-order valence-electron chi connectivity index (χ2n) is 4.67. The molecule has 2 heteroatoms. The summed E-state index contributed by atoms with van der Waals surface area (Å²) < 4.78 is 0. The Morgan fingerprint density at radius 1 is 1.27 bits per heavy atom. The summed E-state index contributed by atoms with van der Waals surface area (Å²) in [6.45, 7) is 10.1. The van der Waals surface area contributed by atoms with Gasteiger partial charge in [-0.25, -0.2) is 0 Å². The summed E-state index contributed by atoms with van der Waals surface area (Å²) in [5.74, 6) is -0.0106. The third kappa shape index (κ3) is 5.21. The van der Waals surface area contributed by atoms with E-state index in [-0.39, 0.29) is 11.3 Å². The monoisotopic (exact) mass is 207 g/mol. The molecule has 0 atom stereocenters. The lowest BCUT2D eigenvalue weighted by Gasteiger charge is -2.19. The van der Waals surface area contributed by atoms with E-state index in [0.717, 1.165) is 5.57 Å². The van der Waals surface area contributed by atoms with Gasteiger partial charge in [0, 0.05) is 20.2 Å². The number of hydrogen-bond donors (Lipinski definition) is 0. The van der Waals surface area contributed by atoms with Crippen LogP contribution < -0.4 is 0 Å². The fourth-order valence-electron chi connectivity index (χ4n) is 1.01. The predicted octanol–water partition coefficient (Wildman–Crippen LogP) is 2.79. The van der Waals surface area contributed by atoms with Crippen LogP contribution in [0.25, 0.3) is 0 Å². The molecule has 0 spiro atoms. The van der Waals surface area contributed by atoms with Gasteiger partial charge in [0.15, 0.2) is 0 Å². The second-order valence-corrected chi connectivity index (χ2v) is 4.67. The summed E-state index contributed by atoms with van der Waals surface area (Å²) in [5, 5.41) is 0. The number of hydrogen-bond acceptors (Lipinski definition) is 1. The third-order valence-electron chi connectivity index (χ3n) is 2.04. The summed E-state index contributed by atoms with van der Waals surface area (Å²) in [6, 6.07) is 0. The van der Waals surface area contributed by atoms with E-state index < -0.39 is 0 Å². The summed E-state index contributed by atoms with van der Waals surface area (Å²) in [4.78, 5) is 12.8. The summed E-state index contributed by atoms with van der Waals surface area (Å²) in [7, 11) is 3.46. The fourth-order valence-corrected chi connectivity index (χ4v) is 1.01. The van der Waals surface area contributed by atoms with E-state index in [9.17, 15) is 4.79 Å². The van der Waals surface area contributed by atoms with Gasteiger partial charge < -0.3 is 4.90 Å². The van der Waals surface area contributed by atoms with Gasteiger partial charge in [-0.05, 0) is 11.0 Å². The molecule has 0 bridgehead atoms. The van der Waals surface area contributed by atoms with Crippen LogP contribution >= 0.6 is 0 Å². The second kappa shape index (κ2) is 5.54. The minimum absolute atomic E-state index is 0.0106. The highest BCUT2D eigenvalue weighted by molar-refractivity contribution is 5.87. The van der Waals surface area contributed by atoms with Crippen molar-refractivity contribution >= 4 is 5.91 Å².